The molecule has 2 rings (SSSR count). The molecule has 0 aromatic heterocycles. The van der Waals surface area contributed by atoms with Crippen LogP contribution in [0, 0.1) is 0 Å². The van der Waals surface area contributed by atoms with E-state index in [0.717, 1.165) is 16.8 Å². The van der Waals surface area contributed by atoms with Crippen LogP contribution in [-0.2, 0) is 6.54 Å². The van der Waals surface area contributed by atoms with Crippen molar-refractivity contribution in [2.45, 2.75) is 26.4 Å². The second-order valence-electron chi connectivity index (χ2n) is 4.70. The van der Waals surface area contributed by atoms with Gasteiger partial charge in [-0.2, -0.15) is 0 Å². The van der Waals surface area contributed by atoms with E-state index < -0.39 is 0 Å². The smallest absolute Gasteiger partial charge is 0.123 e. The second kappa shape index (κ2) is 7.46. The molecular weight excluding hydrogens is 314 g/mol. The fourth-order valence-electron chi connectivity index (χ4n) is 2.10. The molecule has 2 nitrogen and oxygen atoms in total. The van der Waals surface area contributed by atoms with Crippen molar-refractivity contribution in [2.75, 3.05) is 6.61 Å². The molecule has 0 saturated heterocycles. The maximum absolute atomic E-state index is 5.65. The lowest BCUT2D eigenvalue weighted by atomic mass is 10.1. The van der Waals surface area contributed by atoms with Gasteiger partial charge in [0.25, 0.3) is 0 Å². The highest BCUT2D eigenvalue weighted by Crippen LogP contribution is 2.21. The van der Waals surface area contributed by atoms with E-state index in [9.17, 15) is 0 Å². The molecule has 106 valence electrons. The first-order valence-corrected chi connectivity index (χ1v) is 7.69. The fourth-order valence-corrected chi connectivity index (χ4v) is 2.52. The Bertz CT molecular complexity index is 556. The second-order valence-corrected chi connectivity index (χ2v) is 5.61. The van der Waals surface area contributed by atoms with Crippen LogP contribution in [0.1, 0.15) is 31.0 Å². The summed E-state index contributed by atoms with van der Waals surface area (Å²) in [6, 6.07) is 16.9. The van der Waals surface area contributed by atoms with Crippen LogP contribution in [0.3, 0.4) is 0 Å². The topological polar surface area (TPSA) is 21.3 Å². The lowest BCUT2D eigenvalue weighted by Gasteiger charge is -2.16. The Hall–Kier alpha value is -1.32. The summed E-state index contributed by atoms with van der Waals surface area (Å²) in [6.07, 6.45) is 0. The highest BCUT2D eigenvalue weighted by atomic mass is 79.9. The van der Waals surface area contributed by atoms with E-state index in [1.807, 2.05) is 31.2 Å². The summed E-state index contributed by atoms with van der Waals surface area (Å²) in [5, 5.41) is 3.54. The zero-order valence-electron chi connectivity index (χ0n) is 11.9. The summed E-state index contributed by atoms with van der Waals surface area (Å²) in [6.45, 7) is 5.67. The lowest BCUT2D eigenvalue weighted by Crippen LogP contribution is -2.18. The number of hydrogen-bond acceptors (Lipinski definition) is 2. The molecule has 2 aromatic rings. The van der Waals surface area contributed by atoms with Crippen molar-refractivity contribution < 1.29 is 4.74 Å². The first-order chi connectivity index (χ1) is 9.70. The third kappa shape index (κ3) is 4.09. The number of halogens is 1. The summed E-state index contributed by atoms with van der Waals surface area (Å²) in [5.74, 6) is 0.962. The Morgan fingerprint density at radius 1 is 1.15 bits per heavy atom. The Morgan fingerprint density at radius 2 is 1.95 bits per heavy atom. The number of hydrogen-bond donors (Lipinski definition) is 1. The zero-order valence-corrected chi connectivity index (χ0v) is 13.5. The third-order valence-corrected chi connectivity index (χ3v) is 3.71. The van der Waals surface area contributed by atoms with E-state index in [0.29, 0.717) is 12.6 Å². The van der Waals surface area contributed by atoms with Crippen molar-refractivity contribution in [1.82, 2.24) is 5.32 Å². The zero-order chi connectivity index (χ0) is 14.4. The third-order valence-electron chi connectivity index (χ3n) is 3.22. The summed E-state index contributed by atoms with van der Waals surface area (Å²) in [7, 11) is 0. The van der Waals surface area contributed by atoms with E-state index in [-0.39, 0.29) is 0 Å². The van der Waals surface area contributed by atoms with Crippen molar-refractivity contribution in [1.29, 1.82) is 0 Å². The number of ether oxygens (including phenoxy) is 1. The minimum atomic E-state index is 0.294. The molecule has 1 N–H and O–H groups in total. The molecule has 0 aliphatic carbocycles. The van der Waals surface area contributed by atoms with Gasteiger partial charge in [0.2, 0.25) is 0 Å². The summed E-state index contributed by atoms with van der Waals surface area (Å²) in [5.41, 5.74) is 2.46. The van der Waals surface area contributed by atoms with Crippen LogP contribution in [0.4, 0.5) is 0 Å². The quantitative estimate of drug-likeness (QED) is 0.827. The molecule has 3 heteroatoms. The van der Waals surface area contributed by atoms with E-state index in [2.05, 4.69) is 52.4 Å². The minimum Gasteiger partial charge on any atom is -0.494 e. The largest absolute Gasteiger partial charge is 0.494 e. The summed E-state index contributed by atoms with van der Waals surface area (Å²) in [4.78, 5) is 0. The Kier molecular flexibility index (Phi) is 5.62. The maximum atomic E-state index is 5.65. The molecule has 0 fully saturated rings. The molecular formula is C17H20BrNO. The number of benzene rings is 2. The average molecular weight is 334 g/mol. The Labute approximate surface area is 129 Å². The molecule has 2 aromatic carbocycles. The lowest BCUT2D eigenvalue weighted by molar-refractivity contribution is 0.335. The molecule has 20 heavy (non-hydrogen) atoms. The van der Waals surface area contributed by atoms with Gasteiger partial charge in [-0.25, -0.2) is 0 Å². The predicted octanol–water partition coefficient (Wildman–Crippen LogP) is 4.70. The van der Waals surface area contributed by atoms with E-state index in [4.69, 9.17) is 4.74 Å². The molecule has 0 amide bonds. The normalized spacial score (nSPS) is 12.2. The van der Waals surface area contributed by atoms with Gasteiger partial charge in [-0.05, 0) is 37.6 Å². The van der Waals surface area contributed by atoms with Crippen molar-refractivity contribution in [3.8, 4) is 5.75 Å². The van der Waals surface area contributed by atoms with Crippen LogP contribution in [0.25, 0.3) is 0 Å². The van der Waals surface area contributed by atoms with Crippen LogP contribution in [0.15, 0.2) is 53.0 Å². The van der Waals surface area contributed by atoms with E-state index >= 15 is 0 Å². The first kappa shape index (κ1) is 15.1. The van der Waals surface area contributed by atoms with Gasteiger partial charge < -0.3 is 10.1 Å². The van der Waals surface area contributed by atoms with Crippen LogP contribution >= 0.6 is 15.9 Å². The van der Waals surface area contributed by atoms with Crippen LogP contribution in [-0.4, -0.2) is 6.61 Å². The van der Waals surface area contributed by atoms with E-state index in [1.54, 1.807) is 0 Å². The monoisotopic (exact) mass is 333 g/mol. The summed E-state index contributed by atoms with van der Waals surface area (Å²) < 4.78 is 6.76. The van der Waals surface area contributed by atoms with E-state index in [1.165, 1.54) is 11.1 Å². The molecule has 0 bridgehead atoms. The Morgan fingerprint density at radius 3 is 2.70 bits per heavy atom. The maximum Gasteiger partial charge on any atom is 0.123 e. The SMILES string of the molecule is CCOc1ccccc1CN[C@@H](C)c1cccc(Br)c1. The van der Waals surface area contributed by atoms with Gasteiger partial charge in [0.1, 0.15) is 5.75 Å². The molecule has 0 aliphatic rings. The van der Waals surface area contributed by atoms with Crippen molar-refractivity contribution in [3.63, 3.8) is 0 Å². The van der Waals surface area contributed by atoms with Crippen LogP contribution in [0.2, 0.25) is 0 Å². The van der Waals surface area contributed by atoms with Gasteiger partial charge in [-0.15, -0.1) is 0 Å². The minimum absolute atomic E-state index is 0.294. The number of para-hydroxylation sites is 1. The van der Waals surface area contributed by atoms with Gasteiger partial charge in [0, 0.05) is 22.6 Å². The fraction of sp³-hybridized carbons (Fsp3) is 0.294. The molecule has 0 spiro atoms. The molecule has 1 atom stereocenters. The van der Waals surface area contributed by atoms with Gasteiger partial charge in [-0.1, -0.05) is 46.3 Å². The van der Waals surface area contributed by atoms with Crippen molar-refractivity contribution in [3.05, 3.63) is 64.1 Å². The van der Waals surface area contributed by atoms with Crippen LogP contribution < -0.4 is 10.1 Å². The van der Waals surface area contributed by atoms with Gasteiger partial charge >= 0.3 is 0 Å². The van der Waals surface area contributed by atoms with Gasteiger partial charge in [0.05, 0.1) is 6.61 Å². The highest BCUT2D eigenvalue weighted by Gasteiger charge is 2.07. The van der Waals surface area contributed by atoms with Gasteiger partial charge in [-0.3, -0.25) is 0 Å². The predicted molar refractivity (Wildman–Crippen MR) is 87.0 cm³/mol. The van der Waals surface area contributed by atoms with Crippen molar-refractivity contribution in [2.24, 2.45) is 0 Å². The molecule has 0 heterocycles. The molecule has 0 aliphatic heterocycles. The van der Waals surface area contributed by atoms with Gasteiger partial charge in [0.15, 0.2) is 0 Å². The first-order valence-electron chi connectivity index (χ1n) is 6.90. The molecule has 0 unspecified atom stereocenters. The van der Waals surface area contributed by atoms with Crippen LogP contribution in [0.5, 0.6) is 5.75 Å². The molecule has 0 saturated carbocycles. The van der Waals surface area contributed by atoms with Crippen molar-refractivity contribution >= 4 is 15.9 Å². The molecule has 0 radical (unpaired) electrons. The Balaban J connectivity index is 2.01. The standard InChI is InChI=1S/C17H20BrNO/c1-3-20-17-10-5-4-7-15(17)12-19-13(2)14-8-6-9-16(18)11-14/h4-11,13,19H,3,12H2,1-2H3/t13-/m0/s1. The number of rotatable bonds is 6. The summed E-state index contributed by atoms with van der Waals surface area (Å²) >= 11 is 3.51. The number of nitrogens with one attached hydrogen (secondary N) is 1. The average Bonchev–Trinajstić information content (AvgIpc) is 2.46. The highest BCUT2D eigenvalue weighted by molar-refractivity contribution is 9.10.